The first kappa shape index (κ1) is 35.3. The monoisotopic (exact) mass is 690 g/mol. The van der Waals surface area contributed by atoms with Crippen LogP contribution in [0, 0.1) is 0 Å². The van der Waals surface area contributed by atoms with Gasteiger partial charge in [-0.1, -0.05) is 59.6 Å². The molecule has 2 heterocycles. The lowest BCUT2D eigenvalue weighted by Gasteiger charge is -2.43. The van der Waals surface area contributed by atoms with Crippen LogP contribution < -0.4 is 10.6 Å². The third-order valence-electron chi connectivity index (χ3n) is 7.50. The van der Waals surface area contributed by atoms with Gasteiger partial charge in [0.1, 0.15) is 18.7 Å². The Morgan fingerprint density at radius 1 is 0.957 bits per heavy atom. The number of halogens is 2. The molecule has 2 aliphatic rings. The molecule has 2 aromatic carbocycles. The minimum atomic E-state index is -1.64. The SMILES string of the molecule is O=C(O)C[C@H](NC(=O)C1CCCN2C(=O)CCC(NCC(=O)OCc3ccccc3)C(=O)N12)C(=O)COC(=O)c1c(Cl)cccc1Cl. The van der Waals surface area contributed by atoms with E-state index in [1.54, 1.807) is 24.3 Å². The van der Waals surface area contributed by atoms with Gasteiger partial charge >= 0.3 is 17.9 Å². The van der Waals surface area contributed by atoms with Gasteiger partial charge < -0.3 is 19.9 Å². The van der Waals surface area contributed by atoms with E-state index in [0.29, 0.717) is 6.42 Å². The number of carboxylic acids is 1. The molecule has 0 saturated carbocycles. The van der Waals surface area contributed by atoms with Crippen LogP contribution in [-0.2, 0) is 44.8 Å². The number of aliphatic carboxylic acids is 1. The molecule has 16 heteroatoms. The largest absolute Gasteiger partial charge is 0.481 e. The summed E-state index contributed by atoms with van der Waals surface area (Å²) in [6.45, 7) is -1.07. The molecular weight excluding hydrogens is 659 g/mol. The van der Waals surface area contributed by atoms with Crippen molar-refractivity contribution in [2.75, 3.05) is 19.7 Å². The van der Waals surface area contributed by atoms with Crippen LogP contribution >= 0.6 is 23.2 Å². The molecule has 3 atom stereocenters. The first-order valence-electron chi connectivity index (χ1n) is 14.7. The first-order chi connectivity index (χ1) is 22.5. The van der Waals surface area contributed by atoms with Gasteiger partial charge in [0.25, 0.3) is 5.91 Å². The second kappa shape index (κ2) is 16.3. The van der Waals surface area contributed by atoms with Gasteiger partial charge in [0, 0.05) is 13.0 Å². The molecule has 2 unspecified atom stereocenters. The van der Waals surface area contributed by atoms with Gasteiger partial charge in [-0.3, -0.25) is 39.1 Å². The number of Topliss-reactive ketones (excluding diaryl/α,β-unsaturated/α-hetero) is 1. The van der Waals surface area contributed by atoms with Crippen LogP contribution in [0.3, 0.4) is 0 Å². The summed E-state index contributed by atoms with van der Waals surface area (Å²) in [6, 6.07) is 9.33. The van der Waals surface area contributed by atoms with Gasteiger partial charge in [0.05, 0.1) is 34.6 Å². The normalized spacial score (nSPS) is 18.4. The van der Waals surface area contributed by atoms with Crippen LogP contribution in [0.1, 0.15) is 48.0 Å². The Morgan fingerprint density at radius 3 is 2.34 bits per heavy atom. The molecule has 3 amide bonds. The summed E-state index contributed by atoms with van der Waals surface area (Å²) in [5, 5.41) is 16.7. The van der Waals surface area contributed by atoms with E-state index >= 15 is 0 Å². The molecular formula is C31H32Cl2N4O10. The molecule has 0 radical (unpaired) electrons. The number of rotatable bonds is 13. The fourth-order valence-corrected chi connectivity index (χ4v) is 5.70. The molecule has 47 heavy (non-hydrogen) atoms. The van der Waals surface area contributed by atoms with E-state index < -0.39 is 72.6 Å². The lowest BCUT2D eigenvalue weighted by Crippen LogP contribution is -2.64. The van der Waals surface area contributed by atoms with Crippen molar-refractivity contribution in [2.24, 2.45) is 0 Å². The Kier molecular flexibility index (Phi) is 12.3. The maximum atomic E-state index is 13.7. The predicted molar refractivity (Wildman–Crippen MR) is 165 cm³/mol. The number of ether oxygens (including phenoxy) is 2. The van der Waals surface area contributed by atoms with Gasteiger partial charge in [-0.15, -0.1) is 0 Å². The van der Waals surface area contributed by atoms with E-state index in [0.717, 1.165) is 15.6 Å². The average Bonchev–Trinajstić information content (AvgIpc) is 3.16. The minimum absolute atomic E-state index is 0.0271. The molecule has 14 nitrogen and oxygen atoms in total. The quantitative estimate of drug-likeness (QED) is 0.260. The van der Waals surface area contributed by atoms with Gasteiger partial charge in [0.2, 0.25) is 11.8 Å². The number of carboxylic acid groups (broad SMARTS) is 1. The summed E-state index contributed by atoms with van der Waals surface area (Å²) in [7, 11) is 0. The van der Waals surface area contributed by atoms with Crippen LogP contribution in [0.2, 0.25) is 10.0 Å². The number of fused-ring (bicyclic) bond motifs is 1. The fraction of sp³-hybridized carbons (Fsp3) is 0.387. The Bertz CT molecular complexity index is 1520. The zero-order valence-electron chi connectivity index (χ0n) is 25.0. The molecule has 2 fully saturated rings. The molecule has 2 aromatic rings. The van der Waals surface area contributed by atoms with E-state index in [2.05, 4.69) is 10.6 Å². The maximum Gasteiger partial charge on any atom is 0.341 e. The minimum Gasteiger partial charge on any atom is -0.481 e. The number of hydrazine groups is 1. The summed E-state index contributed by atoms with van der Waals surface area (Å²) in [5.41, 5.74) is 0.583. The Balaban J connectivity index is 1.42. The number of benzene rings is 2. The maximum absolute atomic E-state index is 13.7. The molecule has 0 bridgehead atoms. The average molecular weight is 692 g/mol. The van der Waals surface area contributed by atoms with E-state index in [1.807, 2.05) is 6.07 Å². The first-order valence-corrected chi connectivity index (χ1v) is 15.4. The smallest absolute Gasteiger partial charge is 0.341 e. The second-order valence-corrected chi connectivity index (χ2v) is 11.6. The van der Waals surface area contributed by atoms with Crippen molar-refractivity contribution in [3.63, 3.8) is 0 Å². The van der Waals surface area contributed by atoms with Crippen LogP contribution in [-0.4, -0.2) is 94.4 Å². The molecule has 0 spiro atoms. The van der Waals surface area contributed by atoms with Crippen molar-refractivity contribution in [3.05, 3.63) is 69.7 Å². The molecule has 0 aliphatic carbocycles. The third-order valence-corrected chi connectivity index (χ3v) is 8.13. The number of amides is 3. The lowest BCUT2D eigenvalue weighted by molar-refractivity contribution is -0.176. The Labute approximate surface area is 279 Å². The van der Waals surface area contributed by atoms with Gasteiger partial charge in [-0.25, -0.2) is 9.80 Å². The topological polar surface area (TPSA) is 189 Å². The number of esters is 2. The van der Waals surface area contributed by atoms with Crippen LogP contribution in [0.4, 0.5) is 0 Å². The van der Waals surface area contributed by atoms with E-state index in [1.165, 1.54) is 18.2 Å². The third kappa shape index (κ3) is 9.27. The van der Waals surface area contributed by atoms with Crippen LogP contribution in [0.5, 0.6) is 0 Å². The summed E-state index contributed by atoms with van der Waals surface area (Å²) in [4.78, 5) is 89.7. The summed E-state index contributed by atoms with van der Waals surface area (Å²) in [6.07, 6.45) is -0.417. The predicted octanol–water partition coefficient (Wildman–Crippen LogP) is 1.91. The van der Waals surface area contributed by atoms with Crippen molar-refractivity contribution >= 4 is 64.6 Å². The van der Waals surface area contributed by atoms with Gasteiger partial charge in [-0.05, 0) is 37.0 Å². The highest BCUT2D eigenvalue weighted by Gasteiger charge is 2.45. The standard InChI is InChI=1S/C31H32Cl2N4O10/c32-19-8-4-9-20(33)28(19)31(45)47-17-24(38)22(14-26(40)41)35-29(43)23-10-5-13-36-25(39)12-11-21(30(44)37(23)36)34-15-27(42)46-16-18-6-2-1-3-7-18/h1-4,6-9,21-23,34H,5,10-17H2,(H,35,43)(H,40,41)/t21?,22-,23?/m0/s1. The molecule has 4 rings (SSSR count). The van der Waals surface area contributed by atoms with Gasteiger partial charge in [0.15, 0.2) is 12.4 Å². The highest BCUT2D eigenvalue weighted by Crippen LogP contribution is 2.26. The Hall–Kier alpha value is -4.53. The number of carbonyl (C=O) groups excluding carboxylic acids is 6. The zero-order valence-corrected chi connectivity index (χ0v) is 26.5. The second-order valence-electron chi connectivity index (χ2n) is 10.8. The number of carbonyl (C=O) groups is 7. The van der Waals surface area contributed by atoms with Crippen molar-refractivity contribution in [1.29, 1.82) is 0 Å². The number of hydrogen-bond acceptors (Lipinski definition) is 10. The van der Waals surface area contributed by atoms with Crippen molar-refractivity contribution < 1.29 is 48.1 Å². The van der Waals surface area contributed by atoms with Crippen LogP contribution in [0.15, 0.2) is 48.5 Å². The lowest BCUT2D eigenvalue weighted by atomic mass is 10.0. The van der Waals surface area contributed by atoms with E-state index in [-0.39, 0.29) is 54.6 Å². The fourth-order valence-electron chi connectivity index (χ4n) is 5.15. The molecule has 250 valence electrons. The van der Waals surface area contributed by atoms with Crippen molar-refractivity contribution in [2.45, 2.75) is 56.8 Å². The molecule has 2 aliphatic heterocycles. The zero-order chi connectivity index (χ0) is 34.1. The van der Waals surface area contributed by atoms with E-state index in [4.69, 9.17) is 32.7 Å². The number of nitrogens with one attached hydrogen (secondary N) is 2. The molecule has 2 saturated heterocycles. The molecule has 0 aromatic heterocycles. The van der Waals surface area contributed by atoms with Crippen LogP contribution in [0.25, 0.3) is 0 Å². The number of ketones is 1. The Morgan fingerprint density at radius 2 is 1.66 bits per heavy atom. The summed E-state index contributed by atoms with van der Waals surface area (Å²) in [5.74, 6) is -6.01. The van der Waals surface area contributed by atoms with Crippen molar-refractivity contribution in [1.82, 2.24) is 20.7 Å². The highest BCUT2D eigenvalue weighted by molar-refractivity contribution is 6.39. The van der Waals surface area contributed by atoms with E-state index in [9.17, 15) is 38.7 Å². The number of nitrogens with zero attached hydrogens (tertiary/aromatic N) is 2. The summed E-state index contributed by atoms with van der Waals surface area (Å²) >= 11 is 12.0. The van der Waals surface area contributed by atoms with Gasteiger partial charge in [-0.2, -0.15) is 0 Å². The highest BCUT2D eigenvalue weighted by atomic mass is 35.5. The number of hydrogen-bond donors (Lipinski definition) is 3. The summed E-state index contributed by atoms with van der Waals surface area (Å²) < 4.78 is 10.3. The van der Waals surface area contributed by atoms with Crippen molar-refractivity contribution in [3.8, 4) is 0 Å². The molecule has 3 N–H and O–H groups in total.